The van der Waals surface area contributed by atoms with Gasteiger partial charge in [0.15, 0.2) is 0 Å². The van der Waals surface area contributed by atoms with Crippen molar-refractivity contribution in [2.45, 2.75) is 0 Å². The van der Waals surface area contributed by atoms with Gasteiger partial charge in [-0.3, -0.25) is 0 Å². The summed E-state index contributed by atoms with van der Waals surface area (Å²) in [5, 5.41) is 20.7. The molecule has 0 atom stereocenters. The molecule has 2 N–H and O–H groups in total. The molecule has 0 spiro atoms. The maximum absolute atomic E-state index is 10.3. The van der Waals surface area contributed by atoms with E-state index >= 15 is 0 Å². The number of aromatic carboxylic acids is 2. The second-order valence-electron chi connectivity index (χ2n) is 2.42. The van der Waals surface area contributed by atoms with E-state index in [0.717, 1.165) is 18.2 Å². The van der Waals surface area contributed by atoms with Crippen molar-refractivity contribution in [3.63, 3.8) is 0 Å². The Kier molecular flexibility index (Phi) is 4.54. The Labute approximate surface area is 99.7 Å². The zero-order valence-corrected chi connectivity index (χ0v) is 11.2. The fourth-order valence-corrected chi connectivity index (χ4v) is 0.887. The van der Waals surface area contributed by atoms with Crippen molar-refractivity contribution in [3.8, 4) is 0 Å². The van der Waals surface area contributed by atoms with E-state index in [1.807, 2.05) is 0 Å². The van der Waals surface area contributed by atoms with Gasteiger partial charge in [0.1, 0.15) is 0 Å². The molecule has 0 amide bonds. The summed E-state index contributed by atoms with van der Waals surface area (Å²) in [5.41, 5.74) is 4.74. The number of nitrogen functional groups attached to an aromatic ring is 1. The van der Waals surface area contributed by atoms with Crippen LogP contribution in [0.4, 0.5) is 5.69 Å². The largest absolute Gasteiger partial charge is 2.00 e. The number of anilines is 1. The van der Waals surface area contributed by atoms with E-state index in [4.69, 9.17) is 5.73 Å². The number of carboxylic acids is 2. The van der Waals surface area contributed by atoms with E-state index in [9.17, 15) is 19.8 Å². The molecule has 0 aliphatic rings. The van der Waals surface area contributed by atoms with Crippen molar-refractivity contribution in [2.75, 3.05) is 5.73 Å². The van der Waals surface area contributed by atoms with Crippen molar-refractivity contribution < 1.29 is 47.1 Å². The summed E-state index contributed by atoms with van der Waals surface area (Å²) >= 11 is 0. The normalized spacial score (nSPS) is 8.86. The van der Waals surface area contributed by atoms with Crippen LogP contribution >= 0.6 is 0 Å². The Morgan fingerprint density at radius 2 is 1.36 bits per heavy atom. The van der Waals surface area contributed by atoms with Crippen LogP contribution in [0, 0.1) is 0 Å². The molecule has 5 nitrogen and oxygen atoms in total. The molecule has 68 valence electrons. The van der Waals surface area contributed by atoms with Crippen LogP contribution in [0.1, 0.15) is 20.7 Å². The molecule has 1 aromatic carbocycles. The molecular weight excluding hydrogens is 287 g/mol. The molecule has 1 rings (SSSR count). The molecule has 0 fully saturated rings. The van der Waals surface area contributed by atoms with Gasteiger partial charge in [0.2, 0.25) is 0 Å². The van der Waals surface area contributed by atoms with E-state index in [2.05, 4.69) is 0 Å². The number of carbonyl (C=O) groups is 2. The second kappa shape index (κ2) is 4.94. The third-order valence-corrected chi connectivity index (χ3v) is 1.43. The Hall–Kier alpha value is -1.12. The van der Waals surface area contributed by atoms with Gasteiger partial charge < -0.3 is 25.5 Å². The summed E-state index contributed by atoms with van der Waals surface area (Å²) in [6.07, 6.45) is 0. The molecule has 0 radical (unpaired) electrons. The van der Waals surface area contributed by atoms with Crippen LogP contribution in [0.5, 0.6) is 0 Å². The number of carbonyl (C=O) groups excluding carboxylic acids is 2. The predicted octanol–water partition coefficient (Wildman–Crippen LogP) is -2.01. The Morgan fingerprint density at radius 3 is 1.64 bits per heavy atom. The van der Waals surface area contributed by atoms with Gasteiger partial charge in [-0.15, -0.1) is 0 Å². The van der Waals surface area contributed by atoms with Gasteiger partial charge in [0.05, 0.1) is 11.9 Å². The van der Waals surface area contributed by atoms with Gasteiger partial charge in [-0.05, 0) is 29.3 Å². The Balaban J connectivity index is 0.00000169. The minimum atomic E-state index is -1.48. The molecule has 6 heteroatoms. The first-order valence-electron chi connectivity index (χ1n) is 3.34. The van der Waals surface area contributed by atoms with E-state index < -0.39 is 11.9 Å². The molecule has 0 aromatic heterocycles. The Morgan fingerprint density at radius 1 is 1.00 bits per heavy atom. The Bertz CT molecular complexity index is 345. The standard InChI is InChI=1S/C8H7NO4.Cd/c9-6-2-4(7(10)11)1-5(3-6)8(12)13;/h1-3H,9H2,(H,10,11)(H,12,13);/q;+2/p-2. The van der Waals surface area contributed by atoms with Crippen LogP contribution in [0.3, 0.4) is 0 Å². The number of rotatable bonds is 2. The maximum Gasteiger partial charge on any atom is 2.00 e. The van der Waals surface area contributed by atoms with E-state index in [-0.39, 0.29) is 44.1 Å². The van der Waals surface area contributed by atoms with Crippen molar-refractivity contribution in [1.29, 1.82) is 0 Å². The molecule has 1 aromatic rings. The SMILES string of the molecule is Nc1cc(C(=O)[O-])cc(C(=O)[O-])c1.[Cd+2]. The van der Waals surface area contributed by atoms with Crippen molar-refractivity contribution in [2.24, 2.45) is 0 Å². The summed E-state index contributed by atoms with van der Waals surface area (Å²) in [6, 6.07) is 3.16. The molecule has 0 unspecified atom stereocenters. The van der Waals surface area contributed by atoms with Gasteiger partial charge in [0.25, 0.3) is 0 Å². The first-order chi connectivity index (χ1) is 6.00. The number of benzene rings is 1. The van der Waals surface area contributed by atoms with Crippen LogP contribution < -0.4 is 15.9 Å². The summed E-state index contributed by atoms with van der Waals surface area (Å²) in [5.74, 6) is -2.95. The number of hydrogen-bond donors (Lipinski definition) is 1. The minimum Gasteiger partial charge on any atom is -0.545 e. The van der Waals surface area contributed by atoms with Gasteiger partial charge >= 0.3 is 27.3 Å². The van der Waals surface area contributed by atoms with E-state index in [1.54, 1.807) is 0 Å². The quantitative estimate of drug-likeness (QED) is 0.501. The third-order valence-electron chi connectivity index (χ3n) is 1.43. The van der Waals surface area contributed by atoms with Crippen molar-refractivity contribution >= 4 is 17.6 Å². The number of nitrogens with two attached hydrogens (primary N) is 1. The van der Waals surface area contributed by atoms with E-state index in [0.29, 0.717) is 0 Å². The zero-order valence-electron chi connectivity index (χ0n) is 7.15. The van der Waals surface area contributed by atoms with Crippen molar-refractivity contribution in [3.05, 3.63) is 29.3 Å². The molecular formula is C8H5CdNO4. The first-order valence-corrected chi connectivity index (χ1v) is 3.34. The van der Waals surface area contributed by atoms with Gasteiger partial charge in [-0.1, -0.05) is 0 Å². The number of carboxylic acid groups (broad SMARTS) is 2. The summed E-state index contributed by atoms with van der Waals surface area (Å²) < 4.78 is 0. The smallest absolute Gasteiger partial charge is 0.545 e. The van der Waals surface area contributed by atoms with Crippen LogP contribution in [-0.4, -0.2) is 11.9 Å². The zero-order chi connectivity index (χ0) is 10.0. The van der Waals surface area contributed by atoms with Gasteiger partial charge in [-0.25, -0.2) is 0 Å². The molecule has 0 bridgehead atoms. The predicted molar refractivity (Wildman–Crippen MR) is 39.5 cm³/mol. The summed E-state index contributed by atoms with van der Waals surface area (Å²) in [6.45, 7) is 0. The second-order valence-corrected chi connectivity index (χ2v) is 2.42. The fraction of sp³-hybridized carbons (Fsp3) is 0. The minimum absolute atomic E-state index is 0. The van der Waals surface area contributed by atoms with Gasteiger partial charge in [0, 0.05) is 5.69 Å². The average molecular weight is 292 g/mol. The first kappa shape index (κ1) is 12.9. The topological polar surface area (TPSA) is 106 Å². The van der Waals surface area contributed by atoms with Crippen LogP contribution in [0.15, 0.2) is 18.2 Å². The van der Waals surface area contributed by atoms with Crippen LogP contribution in [-0.2, 0) is 27.3 Å². The number of hydrogen-bond acceptors (Lipinski definition) is 5. The molecule has 0 saturated heterocycles. The third kappa shape index (κ3) is 2.98. The average Bonchev–Trinajstić information content (AvgIpc) is 2.03. The molecule has 0 aliphatic heterocycles. The van der Waals surface area contributed by atoms with E-state index in [1.165, 1.54) is 0 Å². The van der Waals surface area contributed by atoms with Crippen LogP contribution in [0.2, 0.25) is 0 Å². The maximum atomic E-state index is 10.3. The summed E-state index contributed by atoms with van der Waals surface area (Å²) in [7, 11) is 0. The molecule has 0 aliphatic carbocycles. The van der Waals surface area contributed by atoms with Crippen LogP contribution in [0.25, 0.3) is 0 Å². The van der Waals surface area contributed by atoms with Crippen molar-refractivity contribution in [1.82, 2.24) is 0 Å². The monoisotopic (exact) mass is 293 g/mol. The molecule has 14 heavy (non-hydrogen) atoms. The summed E-state index contributed by atoms with van der Waals surface area (Å²) in [4.78, 5) is 20.7. The molecule has 0 saturated carbocycles. The molecule has 0 heterocycles. The van der Waals surface area contributed by atoms with Gasteiger partial charge in [-0.2, -0.15) is 0 Å². The fourth-order valence-electron chi connectivity index (χ4n) is 0.887.